The average Bonchev–Trinajstić information content (AvgIpc) is 2.69. The van der Waals surface area contributed by atoms with Gasteiger partial charge in [-0.2, -0.15) is 0 Å². The predicted octanol–water partition coefficient (Wildman–Crippen LogP) is 3.66. The van der Waals surface area contributed by atoms with Crippen LogP contribution >= 0.6 is 0 Å². The lowest BCUT2D eigenvalue weighted by atomic mass is 9.73. The Kier molecular flexibility index (Phi) is 6.45. The van der Waals surface area contributed by atoms with Crippen LogP contribution in [-0.4, -0.2) is 55.3 Å². The fourth-order valence-electron chi connectivity index (χ4n) is 4.92. The maximum absolute atomic E-state index is 13.0. The Labute approximate surface area is 175 Å². The molecule has 5 nitrogen and oxygen atoms in total. The van der Waals surface area contributed by atoms with Crippen molar-refractivity contribution in [3.63, 3.8) is 0 Å². The maximum atomic E-state index is 13.0. The van der Waals surface area contributed by atoms with Crippen LogP contribution in [0.3, 0.4) is 0 Å². The lowest BCUT2D eigenvalue weighted by Gasteiger charge is -2.41. The number of piperidine rings is 1. The number of hydrogen-bond acceptors (Lipinski definition) is 4. The normalized spacial score (nSPS) is 23.6. The molecule has 160 valence electrons. The molecule has 0 atom stereocenters. The standard InChI is InChI=1S/C24H36N2O3/c1-18(2)25-23(27)24(12-16-28-17-13-24)19-6-8-21(9-7-19)29-22-10-14-26(15-11-22)20-4-3-5-20/h6-9,18,20,22H,3-5,10-17H2,1-2H3,(H,25,27). The van der Waals surface area contributed by atoms with Crippen molar-refractivity contribution in [2.24, 2.45) is 0 Å². The number of benzene rings is 1. The zero-order valence-corrected chi connectivity index (χ0v) is 18.0. The van der Waals surface area contributed by atoms with E-state index >= 15 is 0 Å². The van der Waals surface area contributed by atoms with Crippen LogP contribution in [0.15, 0.2) is 24.3 Å². The first-order valence-electron chi connectivity index (χ1n) is 11.5. The highest BCUT2D eigenvalue weighted by molar-refractivity contribution is 5.88. The highest BCUT2D eigenvalue weighted by atomic mass is 16.5. The van der Waals surface area contributed by atoms with Crippen molar-refractivity contribution >= 4 is 5.91 Å². The second-order valence-corrected chi connectivity index (χ2v) is 9.28. The van der Waals surface area contributed by atoms with Gasteiger partial charge in [0.25, 0.3) is 0 Å². The largest absolute Gasteiger partial charge is 0.490 e. The molecule has 3 fully saturated rings. The third-order valence-corrected chi connectivity index (χ3v) is 6.98. The minimum atomic E-state index is -0.491. The summed E-state index contributed by atoms with van der Waals surface area (Å²) in [6.45, 7) is 7.60. The van der Waals surface area contributed by atoms with Gasteiger partial charge >= 0.3 is 0 Å². The summed E-state index contributed by atoms with van der Waals surface area (Å²) >= 11 is 0. The van der Waals surface area contributed by atoms with Gasteiger partial charge in [-0.05, 0) is 70.1 Å². The summed E-state index contributed by atoms with van der Waals surface area (Å²) in [5.74, 6) is 1.04. The van der Waals surface area contributed by atoms with Gasteiger partial charge in [0, 0.05) is 38.4 Å². The minimum absolute atomic E-state index is 0.118. The smallest absolute Gasteiger partial charge is 0.231 e. The summed E-state index contributed by atoms with van der Waals surface area (Å²) in [4.78, 5) is 15.7. The van der Waals surface area contributed by atoms with Crippen molar-refractivity contribution in [1.29, 1.82) is 0 Å². The molecule has 5 heteroatoms. The van der Waals surface area contributed by atoms with Gasteiger partial charge in [0.2, 0.25) is 5.91 Å². The lowest BCUT2D eigenvalue weighted by Crippen LogP contribution is -2.49. The molecule has 0 aromatic heterocycles. The predicted molar refractivity (Wildman–Crippen MR) is 114 cm³/mol. The summed E-state index contributed by atoms with van der Waals surface area (Å²) in [6.07, 6.45) is 8.13. The summed E-state index contributed by atoms with van der Waals surface area (Å²) in [5, 5.41) is 3.12. The van der Waals surface area contributed by atoms with E-state index in [4.69, 9.17) is 9.47 Å². The number of amides is 1. The highest BCUT2D eigenvalue weighted by Gasteiger charge is 2.41. The molecule has 29 heavy (non-hydrogen) atoms. The molecule has 1 amide bonds. The minimum Gasteiger partial charge on any atom is -0.490 e. The van der Waals surface area contributed by atoms with Crippen molar-refractivity contribution in [2.45, 2.75) is 82.4 Å². The van der Waals surface area contributed by atoms with Crippen molar-refractivity contribution < 1.29 is 14.3 Å². The maximum Gasteiger partial charge on any atom is 0.231 e. The molecule has 1 saturated carbocycles. The Hall–Kier alpha value is -1.59. The molecule has 2 heterocycles. The van der Waals surface area contributed by atoms with Gasteiger partial charge in [0.05, 0.1) is 5.41 Å². The first-order valence-corrected chi connectivity index (χ1v) is 11.5. The van der Waals surface area contributed by atoms with Crippen LogP contribution in [0.5, 0.6) is 5.75 Å². The number of nitrogens with one attached hydrogen (secondary N) is 1. The van der Waals surface area contributed by atoms with Crippen molar-refractivity contribution in [3.05, 3.63) is 29.8 Å². The van der Waals surface area contributed by atoms with E-state index in [0.717, 1.165) is 56.1 Å². The number of rotatable bonds is 6. The van der Waals surface area contributed by atoms with Gasteiger partial charge in [-0.3, -0.25) is 4.79 Å². The molecule has 4 rings (SSSR count). The third kappa shape index (κ3) is 4.61. The van der Waals surface area contributed by atoms with Crippen LogP contribution in [0.25, 0.3) is 0 Å². The van der Waals surface area contributed by atoms with Gasteiger partial charge in [0.15, 0.2) is 0 Å². The van der Waals surface area contributed by atoms with Gasteiger partial charge < -0.3 is 19.7 Å². The summed E-state index contributed by atoms with van der Waals surface area (Å²) in [5.41, 5.74) is 0.584. The Morgan fingerprint density at radius 3 is 2.31 bits per heavy atom. The van der Waals surface area contributed by atoms with Crippen molar-refractivity contribution in [2.75, 3.05) is 26.3 Å². The molecule has 0 spiro atoms. The second-order valence-electron chi connectivity index (χ2n) is 9.28. The lowest BCUT2D eigenvalue weighted by molar-refractivity contribution is -0.131. The van der Waals surface area contributed by atoms with E-state index in [-0.39, 0.29) is 11.9 Å². The number of nitrogens with zero attached hydrogens (tertiary/aromatic N) is 1. The molecular weight excluding hydrogens is 364 g/mol. The van der Waals surface area contributed by atoms with Crippen molar-refractivity contribution in [1.82, 2.24) is 10.2 Å². The summed E-state index contributed by atoms with van der Waals surface area (Å²) < 4.78 is 11.8. The van der Waals surface area contributed by atoms with Crippen LogP contribution in [0.4, 0.5) is 0 Å². The zero-order chi connectivity index (χ0) is 20.3. The van der Waals surface area contributed by atoms with Gasteiger partial charge in [-0.1, -0.05) is 18.6 Å². The van der Waals surface area contributed by atoms with Crippen LogP contribution in [-0.2, 0) is 14.9 Å². The van der Waals surface area contributed by atoms with E-state index in [1.165, 1.54) is 19.3 Å². The average molecular weight is 401 g/mol. The van der Waals surface area contributed by atoms with E-state index in [0.29, 0.717) is 19.3 Å². The van der Waals surface area contributed by atoms with E-state index in [1.807, 2.05) is 26.0 Å². The van der Waals surface area contributed by atoms with Crippen LogP contribution in [0.2, 0.25) is 0 Å². The fourth-order valence-corrected chi connectivity index (χ4v) is 4.92. The SMILES string of the molecule is CC(C)NC(=O)C1(c2ccc(OC3CCN(C4CCC4)CC3)cc2)CCOCC1. The molecule has 1 aliphatic carbocycles. The van der Waals surface area contributed by atoms with Crippen LogP contribution in [0, 0.1) is 0 Å². The molecule has 2 saturated heterocycles. The number of carbonyl (C=O) groups excluding carboxylic acids is 1. The van der Waals surface area contributed by atoms with E-state index < -0.39 is 5.41 Å². The molecule has 1 aromatic rings. The van der Waals surface area contributed by atoms with Gasteiger partial charge in [-0.15, -0.1) is 0 Å². The number of ether oxygens (including phenoxy) is 2. The number of hydrogen-bond donors (Lipinski definition) is 1. The summed E-state index contributed by atoms with van der Waals surface area (Å²) in [6, 6.07) is 9.24. The van der Waals surface area contributed by atoms with E-state index in [1.54, 1.807) is 0 Å². The number of carbonyl (C=O) groups is 1. The zero-order valence-electron chi connectivity index (χ0n) is 18.0. The Bertz CT molecular complexity index is 670. The van der Waals surface area contributed by atoms with E-state index in [9.17, 15) is 4.79 Å². The Morgan fingerprint density at radius 1 is 1.10 bits per heavy atom. The first kappa shape index (κ1) is 20.7. The van der Waals surface area contributed by atoms with E-state index in [2.05, 4.69) is 22.3 Å². The molecule has 0 radical (unpaired) electrons. The van der Waals surface area contributed by atoms with Gasteiger partial charge in [0.1, 0.15) is 11.9 Å². The molecular formula is C24H36N2O3. The van der Waals surface area contributed by atoms with Crippen molar-refractivity contribution in [3.8, 4) is 5.75 Å². The molecule has 0 unspecified atom stereocenters. The molecule has 3 aliphatic rings. The first-order chi connectivity index (χ1) is 14.1. The molecule has 1 aromatic carbocycles. The highest BCUT2D eigenvalue weighted by Crippen LogP contribution is 2.36. The van der Waals surface area contributed by atoms with Crippen LogP contribution < -0.4 is 10.1 Å². The Balaban J connectivity index is 1.39. The third-order valence-electron chi connectivity index (χ3n) is 6.98. The monoisotopic (exact) mass is 400 g/mol. The second kappa shape index (κ2) is 9.05. The number of likely N-dealkylation sites (tertiary alicyclic amines) is 1. The summed E-state index contributed by atoms with van der Waals surface area (Å²) in [7, 11) is 0. The molecule has 2 aliphatic heterocycles. The molecule has 0 bridgehead atoms. The van der Waals surface area contributed by atoms with Crippen LogP contribution in [0.1, 0.15) is 64.4 Å². The topological polar surface area (TPSA) is 50.8 Å². The quantitative estimate of drug-likeness (QED) is 0.792. The molecule has 1 N–H and O–H groups in total. The fraction of sp³-hybridized carbons (Fsp3) is 0.708. The Morgan fingerprint density at radius 2 is 1.76 bits per heavy atom. The van der Waals surface area contributed by atoms with Gasteiger partial charge in [-0.25, -0.2) is 0 Å².